The number of ether oxygens (including phenoxy) is 1. The number of halogens is 11. The van der Waals surface area contributed by atoms with Gasteiger partial charge in [-0.3, -0.25) is 19.2 Å². The third kappa shape index (κ3) is 16.7. The van der Waals surface area contributed by atoms with E-state index in [9.17, 15) is 67.9 Å². The van der Waals surface area contributed by atoms with Crippen molar-refractivity contribution >= 4 is 125 Å². The minimum atomic E-state index is -2.67. The van der Waals surface area contributed by atoms with Crippen molar-refractivity contribution < 1.29 is 72.6 Å². The summed E-state index contributed by atoms with van der Waals surface area (Å²) in [5, 5.41) is 23.3. The second kappa shape index (κ2) is 37.8. The highest BCUT2D eigenvalue weighted by Crippen LogP contribution is 2.80. The van der Waals surface area contributed by atoms with E-state index in [1.165, 1.54) is 49.9 Å². The molecule has 144 heavy (non-hydrogen) atoms. The van der Waals surface area contributed by atoms with Crippen molar-refractivity contribution in [2.45, 2.75) is 274 Å². The van der Waals surface area contributed by atoms with Crippen molar-refractivity contribution in [3.63, 3.8) is 0 Å². The van der Waals surface area contributed by atoms with Gasteiger partial charge in [0.1, 0.15) is 94.6 Å². The molecule has 0 spiro atoms. The maximum atomic E-state index is 14.7. The summed E-state index contributed by atoms with van der Waals surface area (Å²) in [4.78, 5) is 123. The zero-order valence-corrected chi connectivity index (χ0v) is 81.6. The number of H-pyrrole nitrogens is 5. The summed E-state index contributed by atoms with van der Waals surface area (Å²) >= 11 is 4.71. The second-order valence-corrected chi connectivity index (χ2v) is 42.8. The highest BCUT2D eigenvalue weighted by atomic mass is 35.5. The van der Waals surface area contributed by atoms with Gasteiger partial charge in [0.25, 0.3) is 29.6 Å². The van der Waals surface area contributed by atoms with Crippen LogP contribution in [0.2, 0.25) is 0 Å². The van der Waals surface area contributed by atoms with Gasteiger partial charge in [0, 0.05) is 150 Å². The van der Waals surface area contributed by atoms with Crippen molar-refractivity contribution in [2.24, 2.45) is 29.6 Å². The lowest BCUT2D eigenvalue weighted by atomic mass is 9.92. The van der Waals surface area contributed by atoms with Crippen molar-refractivity contribution in [2.75, 3.05) is 92.0 Å². The third-order valence-electron chi connectivity index (χ3n) is 33.7. The Balaban J connectivity index is 0.000000109. The first kappa shape index (κ1) is 99.3. The number of nitrogens with one attached hydrogen (secondary N) is 11. The molecule has 15 heterocycles. The lowest BCUT2D eigenvalue weighted by Crippen LogP contribution is -2.47. The van der Waals surface area contributed by atoms with Crippen molar-refractivity contribution in [3.05, 3.63) is 141 Å². The van der Waals surface area contributed by atoms with Gasteiger partial charge in [0.05, 0.1) is 54.0 Å². The van der Waals surface area contributed by atoms with Crippen molar-refractivity contribution in [3.8, 4) is 0 Å². The van der Waals surface area contributed by atoms with E-state index in [0.717, 1.165) is 121 Å². The molecule has 4 amide bonds. The number of aromatic amines is 5. The molecular formula is C102H122ClF10N25O6. The van der Waals surface area contributed by atoms with Gasteiger partial charge in [0.15, 0.2) is 0 Å². The van der Waals surface area contributed by atoms with Gasteiger partial charge in [-0.15, -0.1) is 0 Å². The van der Waals surface area contributed by atoms with Gasteiger partial charge < -0.3 is 81.2 Å². The molecular weight excluding hydrogens is 1900 g/mol. The summed E-state index contributed by atoms with van der Waals surface area (Å²) in [7, 11) is 0. The number of hydrogen-bond acceptors (Lipinski definition) is 22. The Hall–Kier alpha value is -12.0. The number of fused-ring (bicyclic) bond motifs is 10. The molecule has 15 aliphatic rings. The van der Waals surface area contributed by atoms with Gasteiger partial charge >= 0.3 is 6.09 Å². The lowest BCUT2D eigenvalue weighted by molar-refractivity contribution is -0.127. The molecule has 0 radical (unpaired) electrons. The van der Waals surface area contributed by atoms with E-state index in [-0.39, 0.29) is 54.0 Å². The molecule has 42 heteroatoms. The number of hydrogen-bond donors (Lipinski definition) is 11. The zero-order valence-electron chi connectivity index (χ0n) is 80.8. The molecule has 768 valence electrons. The van der Waals surface area contributed by atoms with Crippen LogP contribution in [-0.2, 0) is 51.0 Å². The fraction of sp³-hybridized carbons (Fsp3) is 0.578. The highest BCUT2D eigenvalue weighted by molar-refractivity contribution is 6.66. The number of nitrogens with zero attached hydrogens (tertiary/aromatic N) is 14. The quantitative estimate of drug-likeness (QED) is 0.0203. The van der Waals surface area contributed by atoms with Crippen LogP contribution in [0.15, 0.2) is 113 Å². The lowest BCUT2D eigenvalue weighted by Gasteiger charge is -2.34. The number of alkyl halides is 10. The number of carbonyl (C=O) groups excluding carboxylic acids is 5. The van der Waals surface area contributed by atoms with Gasteiger partial charge in [-0.25, -0.2) is 98.5 Å². The van der Waals surface area contributed by atoms with Gasteiger partial charge in [-0.1, -0.05) is 58.4 Å². The average molecular weight is 2020 g/mol. The van der Waals surface area contributed by atoms with Gasteiger partial charge in [-0.05, 0) is 219 Å². The van der Waals surface area contributed by atoms with Crippen LogP contribution in [-0.4, -0.2) is 254 Å². The Morgan fingerprint density at radius 2 is 0.590 bits per heavy atom. The fourth-order valence-electron chi connectivity index (χ4n) is 26.9. The number of likely N-dealkylation sites (tertiary alicyclic amines) is 4. The fourth-order valence-corrected chi connectivity index (χ4v) is 26.9. The number of anilines is 5. The molecule has 15 fully saturated rings. The van der Waals surface area contributed by atoms with Gasteiger partial charge in [0.2, 0.25) is 23.0 Å². The van der Waals surface area contributed by atoms with E-state index in [1.54, 1.807) is 50.6 Å². The van der Waals surface area contributed by atoms with Crippen LogP contribution in [0, 0.1) is 29.6 Å². The molecule has 5 aliphatic heterocycles. The minimum absolute atomic E-state index is 0.00934. The molecule has 10 aromatic rings. The molecule has 31 nitrogen and oxygen atoms in total. The normalized spacial score (nSPS) is 30.3. The molecule has 15 atom stereocenters. The van der Waals surface area contributed by atoms with Crippen molar-refractivity contribution in [1.82, 2.24) is 99.7 Å². The van der Waals surface area contributed by atoms with Crippen LogP contribution >= 0.6 is 11.6 Å². The predicted molar refractivity (Wildman–Crippen MR) is 525 cm³/mol. The first-order chi connectivity index (χ1) is 69.0. The molecule has 10 aliphatic carbocycles. The maximum Gasteiger partial charge on any atom is 0.410 e. The third-order valence-corrected chi connectivity index (χ3v) is 33.9. The summed E-state index contributed by atoms with van der Waals surface area (Å²) < 4.78 is 152. The maximum absolute atomic E-state index is 14.7. The van der Waals surface area contributed by atoms with Crippen LogP contribution in [0.3, 0.4) is 0 Å². The van der Waals surface area contributed by atoms with E-state index < -0.39 is 97.1 Å². The monoisotopic (exact) mass is 2020 g/mol. The SMILES string of the molecule is C=CC(=O)Cl.C=CC(=O)N1CCC[C@@H](Nc2ncnc3[nH]cc(C45CCCC4C5(F)F)c23)C1.C=CC(=O)N1CCC[C@@H](Nc2ncnc3[nH]cc([C@@]45CCC[C@@H]4C5(F)F)c23)C1.C=CC(=O)N1CCC[C@@H](Nc2ncnc3[nH]cc([C@]45CCC[C@H]4C5(F)F)c23)C1.CC(C)(C)OC(=O)N1CCC[C@@H](Nc2ncnc3[nH]cc(C45CCCC4C5(F)F)c23)C1.FC1(F)C2CCCC21c1c[nH]c2ncnc(N[C@@H]3CCCNC3)c12. The standard InChI is InChI=1S/C22H29F2N5O2.3C20H23F2N5O.C17H21F2N5.C3H3ClO/c1-20(2,3)31-19(30)29-9-5-6-13(11-29)28-18-16-14(10-25-17(16)26-12-27-18)21-8-4-7-15(21)22(21,23)24;3*1-2-15(28)27-8-4-5-12(10-27)26-18-16-13(9-23-17(16)24-11-25-18)19-7-3-6-14(19)20(19,21)22;18-17(19)12-4-1-5-16(12,17)11-8-21-14-13(11)15(23-9-22-14)24-10-3-2-6-20-7-10;1-2-3(4)5/h10,12-13,15H,4-9,11H2,1-3H3,(H2,25,26,27,28);3*2,9,11-12,14H,1,3-8,10H2,(H2,23,24,25,26);8-10,12,20H,1-7H2,(H2,21,22,23,24);2H,1H2/t13-,15?,21?;12-,14?,19?;12-,14+,19+;12-,14-,19-;10-,12?,16?;/m11111./s1. The number of piperidine rings is 5. The Bertz CT molecular complexity index is 6250. The predicted octanol–water partition coefficient (Wildman–Crippen LogP) is 17.9. The largest absolute Gasteiger partial charge is 0.444 e. The molecule has 11 N–H and O–H groups in total. The number of amides is 4. The summed E-state index contributed by atoms with van der Waals surface area (Å²) in [5.41, 5.74) is 0.270. The average Bonchev–Trinajstić information content (AvgIpc) is 1.51. The van der Waals surface area contributed by atoms with E-state index >= 15 is 0 Å². The first-order valence-corrected chi connectivity index (χ1v) is 51.0. The molecule has 10 aromatic heterocycles. The molecule has 0 aromatic carbocycles. The number of aromatic nitrogens is 15. The van der Waals surface area contributed by atoms with E-state index in [2.05, 4.69) is 133 Å². The summed E-state index contributed by atoms with van der Waals surface area (Å²) in [6.45, 7) is 26.0. The van der Waals surface area contributed by atoms with E-state index in [0.29, 0.717) is 223 Å². The Morgan fingerprint density at radius 3 is 0.806 bits per heavy atom. The number of carbonyl (C=O) groups is 5. The second-order valence-electron chi connectivity index (χ2n) is 42.5. The summed E-state index contributed by atoms with van der Waals surface area (Å²) in [6, 6.07) is 0.259. The Morgan fingerprint density at radius 1 is 0.354 bits per heavy atom. The van der Waals surface area contributed by atoms with Crippen molar-refractivity contribution in [1.29, 1.82) is 0 Å². The Labute approximate surface area is 829 Å². The van der Waals surface area contributed by atoms with E-state index in [1.807, 2.05) is 20.8 Å². The van der Waals surface area contributed by atoms with E-state index in [4.69, 9.17) is 16.3 Å². The number of rotatable bonds is 19. The Kier molecular flexibility index (Phi) is 26.1. The minimum Gasteiger partial charge on any atom is -0.444 e. The van der Waals surface area contributed by atoms with Gasteiger partial charge in [-0.2, -0.15) is 0 Å². The van der Waals surface area contributed by atoms with Crippen LogP contribution in [0.25, 0.3) is 55.2 Å². The van der Waals surface area contributed by atoms with Crippen LogP contribution < -0.4 is 31.9 Å². The van der Waals surface area contributed by atoms with Crippen LogP contribution in [0.5, 0.6) is 0 Å². The molecule has 25 rings (SSSR count). The molecule has 10 saturated carbocycles. The van der Waals surface area contributed by atoms with Crippen LogP contribution in [0.4, 0.5) is 77.8 Å². The molecule has 0 bridgehead atoms. The van der Waals surface area contributed by atoms with Crippen LogP contribution in [0.1, 0.15) is 209 Å². The summed E-state index contributed by atoms with van der Waals surface area (Å²) in [6.07, 6.45) is 39.1. The zero-order chi connectivity index (χ0) is 101. The molecule has 6 unspecified atom stereocenters. The topological polar surface area (TPSA) is 388 Å². The number of allylic oxidation sites excluding steroid dienone is 1. The summed E-state index contributed by atoms with van der Waals surface area (Å²) in [5.74, 6) is -13.4. The highest BCUT2D eigenvalue weighted by Gasteiger charge is 2.86. The molecule has 5 saturated heterocycles. The first-order valence-electron chi connectivity index (χ1n) is 50.6. The smallest absolute Gasteiger partial charge is 0.410 e.